The van der Waals surface area contributed by atoms with Crippen LogP contribution in [-0.4, -0.2) is 80.0 Å². The number of ether oxygens (including phenoxy) is 8. The second-order valence-corrected chi connectivity index (χ2v) is 16.4. The summed E-state index contributed by atoms with van der Waals surface area (Å²) in [7, 11) is 0. The van der Waals surface area contributed by atoms with Gasteiger partial charge in [-0.05, 0) is 143 Å². The Hall–Kier alpha value is -6.42. The lowest BCUT2D eigenvalue weighted by Gasteiger charge is -2.17. The third-order valence-electron chi connectivity index (χ3n) is 10.9. The summed E-state index contributed by atoms with van der Waals surface area (Å²) in [6, 6.07) is 20.9. The van der Waals surface area contributed by atoms with Crippen LogP contribution in [0.1, 0.15) is 152 Å². The molecule has 0 radical (unpaired) electrons. The third kappa shape index (κ3) is 22.8. The first-order valence-corrected chi connectivity index (χ1v) is 24.4. The molecule has 2 N–H and O–H groups in total. The third-order valence-corrected chi connectivity index (χ3v) is 10.9. The Kier molecular flexibility index (Phi) is 27.3. The average Bonchev–Trinajstić information content (AvgIpc) is 3.93. The van der Waals surface area contributed by atoms with Gasteiger partial charge in [-0.3, -0.25) is 0 Å². The van der Waals surface area contributed by atoms with Crippen molar-refractivity contribution in [3.63, 3.8) is 0 Å². The van der Waals surface area contributed by atoms with Crippen molar-refractivity contribution in [1.82, 2.24) is 0 Å². The number of aliphatic hydroxyl groups excluding tert-OH is 2. The SMILES string of the molecule is C=CC(=O)OCCCCCCOc1ccc(C(=O)Oc2ccc(OC(O)c3ccc(OCCCCCCOC(O)C=C)cc3)cc2C(=O)OCCCCCCCCCCCOC(=O)c2ccco2)cc1. The van der Waals surface area contributed by atoms with Crippen LogP contribution in [0, 0.1) is 0 Å². The van der Waals surface area contributed by atoms with E-state index in [-0.39, 0.29) is 35.0 Å². The summed E-state index contributed by atoms with van der Waals surface area (Å²) < 4.78 is 49.4. The van der Waals surface area contributed by atoms with E-state index in [0.29, 0.717) is 56.5 Å². The molecule has 0 spiro atoms. The Morgan fingerprint density at radius 3 is 1.59 bits per heavy atom. The Bertz CT molecular complexity index is 2110. The molecule has 1 heterocycles. The molecule has 380 valence electrons. The van der Waals surface area contributed by atoms with Crippen LogP contribution < -0.4 is 18.9 Å². The molecule has 0 aliphatic rings. The number of esters is 4. The van der Waals surface area contributed by atoms with Gasteiger partial charge in [0.15, 0.2) is 6.29 Å². The zero-order chi connectivity index (χ0) is 50.0. The summed E-state index contributed by atoms with van der Waals surface area (Å²) in [6.45, 7) is 9.19. The molecule has 2 unspecified atom stereocenters. The first-order chi connectivity index (χ1) is 34.2. The van der Waals surface area contributed by atoms with E-state index in [4.69, 9.17) is 42.3 Å². The van der Waals surface area contributed by atoms with Gasteiger partial charge in [-0.2, -0.15) is 0 Å². The van der Waals surface area contributed by atoms with E-state index >= 15 is 0 Å². The Balaban J connectivity index is 1.24. The molecular formula is C55H70O15. The Labute approximate surface area is 411 Å². The van der Waals surface area contributed by atoms with Gasteiger partial charge in [0, 0.05) is 11.6 Å². The second-order valence-electron chi connectivity index (χ2n) is 16.4. The average molecular weight is 971 g/mol. The molecule has 4 rings (SSSR count). The minimum Gasteiger partial charge on any atom is -0.494 e. The number of rotatable bonds is 38. The zero-order valence-corrected chi connectivity index (χ0v) is 40.3. The fourth-order valence-corrected chi connectivity index (χ4v) is 6.92. The number of unbranched alkanes of at least 4 members (excludes halogenated alkanes) is 14. The highest BCUT2D eigenvalue weighted by atomic mass is 16.6. The number of carbonyl (C=O) groups excluding carboxylic acids is 4. The van der Waals surface area contributed by atoms with Crippen LogP contribution in [0.15, 0.2) is 115 Å². The van der Waals surface area contributed by atoms with Crippen molar-refractivity contribution in [1.29, 1.82) is 0 Å². The van der Waals surface area contributed by atoms with E-state index in [2.05, 4.69) is 13.2 Å². The summed E-state index contributed by atoms with van der Waals surface area (Å²) in [5.41, 5.74) is 0.648. The van der Waals surface area contributed by atoms with E-state index in [1.54, 1.807) is 60.7 Å². The van der Waals surface area contributed by atoms with Crippen molar-refractivity contribution in [3.05, 3.63) is 133 Å². The van der Waals surface area contributed by atoms with Gasteiger partial charge < -0.3 is 52.5 Å². The van der Waals surface area contributed by atoms with Crippen molar-refractivity contribution in [2.45, 2.75) is 122 Å². The maximum absolute atomic E-state index is 13.6. The van der Waals surface area contributed by atoms with Crippen LogP contribution in [0.4, 0.5) is 0 Å². The topological polar surface area (TPSA) is 196 Å². The van der Waals surface area contributed by atoms with E-state index in [9.17, 15) is 29.4 Å². The lowest BCUT2D eigenvalue weighted by atomic mass is 10.1. The Morgan fingerprint density at radius 1 is 0.543 bits per heavy atom. The lowest BCUT2D eigenvalue weighted by molar-refractivity contribution is -0.137. The van der Waals surface area contributed by atoms with E-state index in [0.717, 1.165) is 109 Å². The molecule has 0 bridgehead atoms. The van der Waals surface area contributed by atoms with E-state index < -0.39 is 36.5 Å². The molecule has 0 aliphatic heterocycles. The molecule has 0 aliphatic carbocycles. The van der Waals surface area contributed by atoms with E-state index in [1.807, 2.05) is 0 Å². The monoisotopic (exact) mass is 970 g/mol. The highest BCUT2D eigenvalue weighted by molar-refractivity contribution is 5.96. The van der Waals surface area contributed by atoms with Crippen molar-refractivity contribution in [2.24, 2.45) is 0 Å². The van der Waals surface area contributed by atoms with E-state index in [1.165, 1.54) is 30.5 Å². The van der Waals surface area contributed by atoms with Crippen molar-refractivity contribution < 1.29 is 71.7 Å². The van der Waals surface area contributed by atoms with Crippen molar-refractivity contribution in [2.75, 3.05) is 39.6 Å². The molecular weight excluding hydrogens is 901 g/mol. The molecule has 0 amide bonds. The number of hydrogen-bond acceptors (Lipinski definition) is 15. The molecule has 1 aromatic heterocycles. The van der Waals surface area contributed by atoms with Gasteiger partial charge in [0.25, 0.3) is 0 Å². The summed E-state index contributed by atoms with van der Waals surface area (Å²) in [5, 5.41) is 20.4. The maximum atomic E-state index is 13.6. The molecule has 2 atom stereocenters. The predicted molar refractivity (Wildman–Crippen MR) is 262 cm³/mol. The van der Waals surface area contributed by atoms with Crippen LogP contribution in [-0.2, 0) is 23.7 Å². The smallest absolute Gasteiger partial charge is 0.374 e. The second kappa shape index (κ2) is 34.0. The summed E-state index contributed by atoms with van der Waals surface area (Å²) >= 11 is 0. The first kappa shape index (κ1) is 56.2. The van der Waals surface area contributed by atoms with Crippen molar-refractivity contribution in [3.8, 4) is 23.0 Å². The standard InChI is InChI=1S/C55H70O15/c1-3-50(56)65-36-18-14-12-16-34-62-44-28-24-42(25-29-44)52(58)69-46-32-33-48(70-53(59)43-26-30-45(31-27-43)63-35-17-13-15-19-37-66-51(57)4-2)47(41-46)54(60)67-38-20-10-8-6-5-7-9-11-21-39-68-55(61)49-23-22-40-64-49/h3-4,22-33,40-41,50,52,56,58H,1-2,5-21,34-39H2. The summed E-state index contributed by atoms with van der Waals surface area (Å²) in [5.74, 6) is -0.735. The molecule has 0 saturated heterocycles. The predicted octanol–water partition coefficient (Wildman–Crippen LogP) is 11.2. The molecule has 15 nitrogen and oxygen atoms in total. The highest BCUT2D eigenvalue weighted by Crippen LogP contribution is 2.30. The highest BCUT2D eigenvalue weighted by Gasteiger charge is 2.21. The Morgan fingerprint density at radius 2 is 1.04 bits per heavy atom. The lowest BCUT2D eigenvalue weighted by Crippen LogP contribution is -2.14. The van der Waals surface area contributed by atoms with Gasteiger partial charge >= 0.3 is 23.9 Å². The van der Waals surface area contributed by atoms with Crippen LogP contribution in [0.5, 0.6) is 23.0 Å². The van der Waals surface area contributed by atoms with Gasteiger partial charge in [0.1, 0.15) is 28.6 Å². The molecule has 15 heteroatoms. The van der Waals surface area contributed by atoms with Gasteiger partial charge in [0.05, 0.1) is 51.5 Å². The number of hydrogen-bond donors (Lipinski definition) is 2. The molecule has 70 heavy (non-hydrogen) atoms. The summed E-state index contributed by atoms with van der Waals surface area (Å²) in [4.78, 5) is 49.9. The fraction of sp³-hybridized carbons (Fsp3) is 0.455. The minimum atomic E-state index is -1.39. The molecule has 4 aromatic rings. The number of carbonyl (C=O) groups is 4. The van der Waals surface area contributed by atoms with Gasteiger partial charge in [0.2, 0.25) is 12.1 Å². The summed E-state index contributed by atoms with van der Waals surface area (Å²) in [6.07, 6.45) is 17.0. The van der Waals surface area contributed by atoms with Crippen LogP contribution in [0.3, 0.4) is 0 Å². The fourth-order valence-electron chi connectivity index (χ4n) is 6.92. The molecule has 0 fully saturated rings. The number of furan rings is 1. The van der Waals surface area contributed by atoms with Gasteiger partial charge in [-0.25, -0.2) is 19.2 Å². The minimum absolute atomic E-state index is 0.0339. The first-order valence-electron chi connectivity index (χ1n) is 24.4. The normalized spacial score (nSPS) is 11.7. The quantitative estimate of drug-likeness (QED) is 0.00818. The van der Waals surface area contributed by atoms with Crippen molar-refractivity contribution >= 4 is 23.9 Å². The number of benzene rings is 3. The van der Waals surface area contributed by atoms with Crippen LogP contribution in [0.2, 0.25) is 0 Å². The molecule has 0 saturated carbocycles. The van der Waals surface area contributed by atoms with Gasteiger partial charge in [-0.15, -0.1) is 0 Å². The maximum Gasteiger partial charge on any atom is 0.374 e. The zero-order valence-electron chi connectivity index (χ0n) is 40.3. The van der Waals surface area contributed by atoms with Crippen LogP contribution >= 0.6 is 0 Å². The van der Waals surface area contributed by atoms with Gasteiger partial charge in [-0.1, -0.05) is 64.5 Å². The van der Waals surface area contributed by atoms with Crippen LogP contribution in [0.25, 0.3) is 0 Å². The number of aliphatic hydroxyl groups is 2. The largest absolute Gasteiger partial charge is 0.494 e. The molecule has 3 aromatic carbocycles.